The number of benzene rings is 2. The molecule has 0 aliphatic carbocycles. The second-order valence-corrected chi connectivity index (χ2v) is 8.00. The van der Waals surface area contributed by atoms with Crippen molar-refractivity contribution in [1.29, 1.82) is 0 Å². The van der Waals surface area contributed by atoms with Gasteiger partial charge >= 0.3 is 0 Å². The number of thiophene rings is 1. The van der Waals surface area contributed by atoms with Crippen LogP contribution < -0.4 is 10.1 Å². The van der Waals surface area contributed by atoms with E-state index in [1.807, 2.05) is 43.5 Å². The third-order valence-corrected chi connectivity index (χ3v) is 5.65. The van der Waals surface area contributed by atoms with Gasteiger partial charge in [-0.25, -0.2) is 0 Å². The molecule has 0 aliphatic rings. The number of rotatable bonds is 5. The summed E-state index contributed by atoms with van der Waals surface area (Å²) in [4.78, 5) is 13.3. The Hall–Kier alpha value is -2.59. The molecule has 4 heteroatoms. The number of hydrogen-bond acceptors (Lipinski definition) is 3. The van der Waals surface area contributed by atoms with Gasteiger partial charge in [-0.1, -0.05) is 18.2 Å². The molecule has 3 rings (SSSR count). The predicted molar refractivity (Wildman–Crippen MR) is 113 cm³/mol. The molecule has 1 aromatic heterocycles. The van der Waals surface area contributed by atoms with Crippen molar-refractivity contribution >= 4 is 22.9 Å². The number of hydrogen-bond donors (Lipinski definition) is 1. The lowest BCUT2D eigenvalue weighted by atomic mass is 10.1. The van der Waals surface area contributed by atoms with Crippen molar-refractivity contribution in [3.8, 4) is 5.75 Å². The van der Waals surface area contributed by atoms with E-state index in [9.17, 15) is 4.79 Å². The summed E-state index contributed by atoms with van der Waals surface area (Å²) in [6, 6.07) is 12.2. The Labute approximate surface area is 165 Å². The predicted octanol–water partition coefficient (Wildman–Crippen LogP) is 6.12. The first kappa shape index (κ1) is 19.2. The molecule has 3 aromatic rings. The number of carbonyl (C=O) groups excluding carboxylic acids is 1. The molecule has 0 fully saturated rings. The fourth-order valence-electron chi connectivity index (χ4n) is 2.94. The van der Waals surface area contributed by atoms with Gasteiger partial charge in [0.2, 0.25) is 0 Å². The fourth-order valence-corrected chi connectivity index (χ4v) is 3.73. The SMILES string of the molecule is Cc1ccc(C)c(NC(=O)c2cc(COc3cc(C)cc(C)c3C)cs2)c1. The van der Waals surface area contributed by atoms with Gasteiger partial charge in [-0.05, 0) is 86.0 Å². The van der Waals surface area contributed by atoms with Gasteiger partial charge in [0.15, 0.2) is 0 Å². The monoisotopic (exact) mass is 379 g/mol. The molecule has 0 atom stereocenters. The molecule has 0 unspecified atom stereocenters. The minimum Gasteiger partial charge on any atom is -0.489 e. The highest BCUT2D eigenvalue weighted by molar-refractivity contribution is 7.12. The molecular formula is C23H25NO2S. The summed E-state index contributed by atoms with van der Waals surface area (Å²) >= 11 is 1.44. The Morgan fingerprint density at radius 1 is 0.963 bits per heavy atom. The average molecular weight is 380 g/mol. The first-order valence-electron chi connectivity index (χ1n) is 9.00. The molecule has 0 spiro atoms. The smallest absolute Gasteiger partial charge is 0.265 e. The normalized spacial score (nSPS) is 10.7. The van der Waals surface area contributed by atoms with Crippen LogP contribution in [0.4, 0.5) is 5.69 Å². The van der Waals surface area contributed by atoms with Crippen molar-refractivity contribution in [1.82, 2.24) is 0 Å². The van der Waals surface area contributed by atoms with Crippen LogP contribution in [0.25, 0.3) is 0 Å². The Kier molecular flexibility index (Phi) is 5.66. The maximum Gasteiger partial charge on any atom is 0.265 e. The molecule has 27 heavy (non-hydrogen) atoms. The molecular weight excluding hydrogens is 354 g/mol. The fraction of sp³-hybridized carbons (Fsp3) is 0.261. The molecule has 0 saturated heterocycles. The highest BCUT2D eigenvalue weighted by Gasteiger charge is 2.12. The molecule has 0 aliphatic heterocycles. The summed E-state index contributed by atoms with van der Waals surface area (Å²) in [5.74, 6) is 0.822. The maximum absolute atomic E-state index is 12.6. The summed E-state index contributed by atoms with van der Waals surface area (Å²) < 4.78 is 6.01. The van der Waals surface area contributed by atoms with Crippen molar-refractivity contribution in [3.63, 3.8) is 0 Å². The summed E-state index contributed by atoms with van der Waals surface area (Å²) in [5, 5.41) is 4.99. The maximum atomic E-state index is 12.6. The van der Waals surface area contributed by atoms with Gasteiger partial charge in [0, 0.05) is 11.3 Å². The Bertz CT molecular complexity index is 988. The number of ether oxygens (including phenoxy) is 1. The minimum atomic E-state index is -0.0810. The van der Waals surface area contributed by atoms with Crippen LogP contribution in [-0.2, 0) is 6.61 Å². The lowest BCUT2D eigenvalue weighted by Crippen LogP contribution is -2.11. The molecule has 1 amide bonds. The van der Waals surface area contributed by atoms with Gasteiger partial charge < -0.3 is 10.1 Å². The van der Waals surface area contributed by atoms with E-state index in [0.717, 1.165) is 33.7 Å². The van der Waals surface area contributed by atoms with E-state index in [2.05, 4.69) is 38.2 Å². The van der Waals surface area contributed by atoms with E-state index in [4.69, 9.17) is 4.74 Å². The largest absolute Gasteiger partial charge is 0.489 e. The van der Waals surface area contributed by atoms with Crippen molar-refractivity contribution in [2.24, 2.45) is 0 Å². The molecule has 140 valence electrons. The molecule has 3 nitrogen and oxygen atoms in total. The molecule has 0 radical (unpaired) electrons. The second-order valence-electron chi connectivity index (χ2n) is 7.09. The van der Waals surface area contributed by atoms with Crippen LogP contribution in [0.2, 0.25) is 0 Å². The molecule has 1 heterocycles. The molecule has 2 aromatic carbocycles. The topological polar surface area (TPSA) is 38.3 Å². The minimum absolute atomic E-state index is 0.0810. The summed E-state index contributed by atoms with van der Waals surface area (Å²) in [5.41, 5.74) is 7.61. The van der Waals surface area contributed by atoms with Crippen LogP contribution in [-0.4, -0.2) is 5.91 Å². The average Bonchev–Trinajstić information content (AvgIpc) is 3.09. The second kappa shape index (κ2) is 7.97. The molecule has 0 bridgehead atoms. The molecule has 1 N–H and O–H groups in total. The van der Waals surface area contributed by atoms with Crippen molar-refractivity contribution in [2.45, 2.75) is 41.2 Å². The number of anilines is 1. The number of carbonyl (C=O) groups is 1. The standard InChI is InChI=1S/C23H25NO2S/c1-14-6-7-16(3)20(9-14)24-23(25)22-11-19(13-27-22)12-26-21-10-15(2)8-17(4)18(21)5/h6-11,13H,12H2,1-5H3,(H,24,25). The van der Waals surface area contributed by atoms with Crippen LogP contribution in [0, 0.1) is 34.6 Å². The van der Waals surface area contributed by atoms with Gasteiger partial charge in [0.05, 0.1) is 4.88 Å². The van der Waals surface area contributed by atoms with E-state index >= 15 is 0 Å². The van der Waals surface area contributed by atoms with Crippen molar-refractivity contribution < 1.29 is 9.53 Å². The van der Waals surface area contributed by atoms with Crippen molar-refractivity contribution in [3.05, 3.63) is 80.0 Å². The van der Waals surface area contributed by atoms with E-state index in [1.54, 1.807) is 0 Å². The Morgan fingerprint density at radius 3 is 2.52 bits per heavy atom. The molecule has 0 saturated carbocycles. The van der Waals surface area contributed by atoms with E-state index in [1.165, 1.54) is 22.5 Å². The third-order valence-electron chi connectivity index (χ3n) is 4.68. The number of amides is 1. The van der Waals surface area contributed by atoms with Gasteiger partial charge in [-0.15, -0.1) is 11.3 Å². The highest BCUT2D eigenvalue weighted by atomic mass is 32.1. The Morgan fingerprint density at radius 2 is 1.74 bits per heavy atom. The lowest BCUT2D eigenvalue weighted by Gasteiger charge is -2.11. The van der Waals surface area contributed by atoms with E-state index in [-0.39, 0.29) is 5.91 Å². The third kappa shape index (κ3) is 4.58. The van der Waals surface area contributed by atoms with Crippen LogP contribution in [0.1, 0.15) is 43.1 Å². The van der Waals surface area contributed by atoms with Crippen LogP contribution >= 0.6 is 11.3 Å². The van der Waals surface area contributed by atoms with Crippen LogP contribution in [0.15, 0.2) is 41.8 Å². The first-order valence-corrected chi connectivity index (χ1v) is 9.88. The summed E-state index contributed by atoms with van der Waals surface area (Å²) in [7, 11) is 0. The Balaban J connectivity index is 1.68. The van der Waals surface area contributed by atoms with E-state index < -0.39 is 0 Å². The van der Waals surface area contributed by atoms with Gasteiger partial charge in [-0.3, -0.25) is 4.79 Å². The lowest BCUT2D eigenvalue weighted by molar-refractivity contribution is 0.103. The van der Waals surface area contributed by atoms with Gasteiger partial charge in [0.25, 0.3) is 5.91 Å². The van der Waals surface area contributed by atoms with E-state index in [0.29, 0.717) is 11.5 Å². The zero-order valence-electron chi connectivity index (χ0n) is 16.5. The highest BCUT2D eigenvalue weighted by Crippen LogP contribution is 2.25. The first-order chi connectivity index (χ1) is 12.8. The summed E-state index contributed by atoms with van der Waals surface area (Å²) in [6.07, 6.45) is 0. The number of aryl methyl sites for hydroxylation is 4. The summed E-state index contributed by atoms with van der Waals surface area (Å²) in [6.45, 7) is 10.7. The zero-order chi connectivity index (χ0) is 19.6. The van der Waals surface area contributed by atoms with Gasteiger partial charge in [-0.2, -0.15) is 0 Å². The van der Waals surface area contributed by atoms with Crippen molar-refractivity contribution in [2.75, 3.05) is 5.32 Å². The zero-order valence-corrected chi connectivity index (χ0v) is 17.3. The quantitative estimate of drug-likeness (QED) is 0.580. The number of nitrogens with one attached hydrogen (secondary N) is 1. The van der Waals surface area contributed by atoms with Crippen LogP contribution in [0.5, 0.6) is 5.75 Å². The van der Waals surface area contributed by atoms with Gasteiger partial charge in [0.1, 0.15) is 12.4 Å². The van der Waals surface area contributed by atoms with Crippen LogP contribution in [0.3, 0.4) is 0 Å².